The van der Waals surface area contributed by atoms with Gasteiger partial charge in [0.2, 0.25) is 0 Å². The molecule has 2 nitrogen and oxygen atoms in total. The van der Waals surface area contributed by atoms with Gasteiger partial charge in [0, 0.05) is 18.0 Å². The van der Waals surface area contributed by atoms with Crippen molar-refractivity contribution in [3.8, 4) is 0 Å². The maximum Gasteiger partial charge on any atom is 0.251 e. The minimum absolute atomic E-state index is 0.0908. The van der Waals surface area contributed by atoms with Gasteiger partial charge in [-0.3, -0.25) is 4.79 Å². The van der Waals surface area contributed by atoms with E-state index in [0.717, 1.165) is 17.7 Å². The maximum absolute atomic E-state index is 11.9. The van der Waals surface area contributed by atoms with Gasteiger partial charge in [0.05, 0.1) is 0 Å². The van der Waals surface area contributed by atoms with E-state index in [4.69, 9.17) is 0 Å². The molecule has 1 aliphatic heterocycles. The Morgan fingerprint density at radius 3 is 2.50 bits per heavy atom. The molecule has 2 heteroatoms. The summed E-state index contributed by atoms with van der Waals surface area (Å²) in [6.07, 6.45) is 0. The van der Waals surface area contributed by atoms with E-state index < -0.39 is 0 Å². The molecule has 0 bridgehead atoms. The summed E-state index contributed by atoms with van der Waals surface area (Å²) < 4.78 is 0. The molecular weight excluding hydrogens is 198 g/mol. The Hall–Kier alpha value is -1.31. The van der Waals surface area contributed by atoms with E-state index in [-0.39, 0.29) is 5.91 Å². The van der Waals surface area contributed by atoms with Crippen LogP contribution in [0, 0.1) is 19.8 Å². The molecule has 1 N–H and O–H groups in total. The first-order valence-corrected chi connectivity index (χ1v) is 5.90. The highest BCUT2D eigenvalue weighted by atomic mass is 16.1. The second-order valence-corrected chi connectivity index (χ2v) is 5.05. The van der Waals surface area contributed by atoms with Crippen LogP contribution in [0.1, 0.15) is 46.8 Å². The number of benzene rings is 1. The smallest absolute Gasteiger partial charge is 0.251 e. The topological polar surface area (TPSA) is 29.1 Å². The van der Waals surface area contributed by atoms with Crippen molar-refractivity contribution in [1.29, 1.82) is 0 Å². The lowest BCUT2D eigenvalue weighted by atomic mass is 9.79. The Labute approximate surface area is 97.1 Å². The fourth-order valence-electron chi connectivity index (χ4n) is 2.57. The van der Waals surface area contributed by atoms with E-state index >= 15 is 0 Å². The number of amides is 1. The van der Waals surface area contributed by atoms with Crippen molar-refractivity contribution in [2.24, 2.45) is 5.92 Å². The lowest BCUT2D eigenvalue weighted by molar-refractivity contribution is 0.0935. The molecule has 1 aliphatic rings. The van der Waals surface area contributed by atoms with Crippen LogP contribution in [0.15, 0.2) is 12.1 Å². The van der Waals surface area contributed by atoms with E-state index in [1.807, 2.05) is 13.0 Å². The highest BCUT2D eigenvalue weighted by molar-refractivity contribution is 5.98. The molecule has 1 aromatic carbocycles. The van der Waals surface area contributed by atoms with Gasteiger partial charge in [-0.1, -0.05) is 26.0 Å². The molecule has 16 heavy (non-hydrogen) atoms. The van der Waals surface area contributed by atoms with Gasteiger partial charge in [-0.25, -0.2) is 0 Å². The van der Waals surface area contributed by atoms with Gasteiger partial charge in [-0.05, 0) is 36.5 Å². The van der Waals surface area contributed by atoms with Crippen molar-refractivity contribution in [2.75, 3.05) is 6.54 Å². The summed E-state index contributed by atoms with van der Waals surface area (Å²) in [6, 6.07) is 4.17. The third-order valence-corrected chi connectivity index (χ3v) is 3.56. The normalized spacial score (nSPS) is 19.6. The minimum Gasteiger partial charge on any atom is -0.351 e. The SMILES string of the molecule is Cc1ccc(C)c2c1C(=O)NCC2C(C)C. The zero-order valence-corrected chi connectivity index (χ0v) is 10.4. The van der Waals surface area contributed by atoms with Crippen LogP contribution in [0.25, 0.3) is 0 Å². The van der Waals surface area contributed by atoms with Crippen molar-refractivity contribution >= 4 is 5.91 Å². The van der Waals surface area contributed by atoms with E-state index in [1.54, 1.807) is 0 Å². The van der Waals surface area contributed by atoms with Crippen LogP contribution in [-0.2, 0) is 0 Å². The quantitative estimate of drug-likeness (QED) is 0.770. The second-order valence-electron chi connectivity index (χ2n) is 5.05. The second kappa shape index (κ2) is 3.93. The minimum atomic E-state index is 0.0908. The number of nitrogens with one attached hydrogen (secondary N) is 1. The molecule has 0 fully saturated rings. The first-order valence-electron chi connectivity index (χ1n) is 5.90. The summed E-state index contributed by atoms with van der Waals surface area (Å²) in [6.45, 7) is 9.32. The number of fused-ring (bicyclic) bond motifs is 1. The first-order chi connectivity index (χ1) is 7.52. The van der Waals surface area contributed by atoms with Gasteiger partial charge in [0.25, 0.3) is 5.91 Å². The molecular formula is C14H19NO. The zero-order valence-electron chi connectivity index (χ0n) is 10.4. The largest absolute Gasteiger partial charge is 0.351 e. The average Bonchev–Trinajstić information content (AvgIpc) is 2.23. The lowest BCUT2D eigenvalue weighted by Crippen LogP contribution is -2.38. The van der Waals surface area contributed by atoms with Gasteiger partial charge < -0.3 is 5.32 Å². The highest BCUT2D eigenvalue weighted by Gasteiger charge is 2.29. The Morgan fingerprint density at radius 1 is 1.25 bits per heavy atom. The molecule has 0 radical (unpaired) electrons. The summed E-state index contributed by atoms with van der Waals surface area (Å²) in [5.74, 6) is 1.10. The molecule has 0 aromatic heterocycles. The third kappa shape index (κ3) is 1.62. The molecule has 86 valence electrons. The summed E-state index contributed by atoms with van der Waals surface area (Å²) in [4.78, 5) is 11.9. The Morgan fingerprint density at radius 2 is 1.88 bits per heavy atom. The molecule has 1 amide bonds. The number of hydrogen-bond acceptors (Lipinski definition) is 1. The molecule has 1 unspecified atom stereocenters. The molecule has 2 rings (SSSR count). The molecule has 0 aliphatic carbocycles. The van der Waals surface area contributed by atoms with E-state index in [0.29, 0.717) is 11.8 Å². The zero-order chi connectivity index (χ0) is 11.9. The van der Waals surface area contributed by atoms with Crippen molar-refractivity contribution < 1.29 is 4.79 Å². The Bertz CT molecular complexity index is 435. The highest BCUT2D eigenvalue weighted by Crippen LogP contribution is 2.33. The number of carbonyl (C=O) groups excluding carboxylic acids is 1. The molecule has 0 saturated heterocycles. The van der Waals surface area contributed by atoms with Crippen molar-refractivity contribution in [3.05, 3.63) is 34.4 Å². The van der Waals surface area contributed by atoms with E-state index in [1.165, 1.54) is 11.1 Å². The summed E-state index contributed by atoms with van der Waals surface area (Å²) in [7, 11) is 0. The fraction of sp³-hybridized carbons (Fsp3) is 0.500. The molecule has 1 atom stereocenters. The molecule has 1 aromatic rings. The van der Waals surface area contributed by atoms with Gasteiger partial charge >= 0.3 is 0 Å². The van der Waals surface area contributed by atoms with Crippen LogP contribution in [0.3, 0.4) is 0 Å². The number of hydrogen-bond donors (Lipinski definition) is 1. The van der Waals surface area contributed by atoms with Gasteiger partial charge in [-0.15, -0.1) is 0 Å². The van der Waals surface area contributed by atoms with E-state index in [2.05, 4.69) is 32.2 Å². The monoisotopic (exact) mass is 217 g/mol. The van der Waals surface area contributed by atoms with Crippen molar-refractivity contribution in [3.63, 3.8) is 0 Å². The van der Waals surface area contributed by atoms with Gasteiger partial charge in [0.15, 0.2) is 0 Å². The van der Waals surface area contributed by atoms with Gasteiger partial charge in [0.1, 0.15) is 0 Å². The van der Waals surface area contributed by atoms with Crippen LogP contribution in [0.5, 0.6) is 0 Å². The predicted molar refractivity (Wildman–Crippen MR) is 65.8 cm³/mol. The maximum atomic E-state index is 11.9. The first kappa shape index (κ1) is 11.2. The summed E-state index contributed by atoms with van der Waals surface area (Å²) in [5.41, 5.74) is 4.50. The van der Waals surface area contributed by atoms with Crippen LogP contribution in [-0.4, -0.2) is 12.5 Å². The predicted octanol–water partition coefficient (Wildman–Crippen LogP) is 2.79. The van der Waals surface area contributed by atoms with E-state index in [9.17, 15) is 4.79 Å². The van der Waals surface area contributed by atoms with Gasteiger partial charge in [-0.2, -0.15) is 0 Å². The Kier molecular flexibility index (Phi) is 2.75. The standard InChI is InChI=1S/C14H19NO/c1-8(2)11-7-15-14(16)13-10(4)6-5-9(3)12(11)13/h5-6,8,11H,7H2,1-4H3,(H,15,16). The summed E-state index contributed by atoms with van der Waals surface area (Å²) in [5, 5.41) is 3.00. The molecule has 1 heterocycles. The fourth-order valence-corrected chi connectivity index (χ4v) is 2.57. The summed E-state index contributed by atoms with van der Waals surface area (Å²) >= 11 is 0. The van der Waals surface area contributed by atoms with Crippen LogP contribution >= 0.6 is 0 Å². The van der Waals surface area contributed by atoms with Crippen molar-refractivity contribution in [1.82, 2.24) is 5.32 Å². The number of aryl methyl sites for hydroxylation is 2. The Balaban J connectivity index is 2.65. The lowest BCUT2D eigenvalue weighted by Gasteiger charge is -2.31. The van der Waals surface area contributed by atoms with Crippen molar-refractivity contribution in [2.45, 2.75) is 33.6 Å². The van der Waals surface area contributed by atoms with Crippen LogP contribution in [0.2, 0.25) is 0 Å². The average molecular weight is 217 g/mol. The number of rotatable bonds is 1. The molecule has 0 spiro atoms. The molecule has 0 saturated carbocycles. The number of carbonyl (C=O) groups is 1. The third-order valence-electron chi connectivity index (χ3n) is 3.56. The van der Waals surface area contributed by atoms with Crippen LogP contribution in [0.4, 0.5) is 0 Å². The van der Waals surface area contributed by atoms with Crippen LogP contribution < -0.4 is 5.32 Å².